The van der Waals surface area contributed by atoms with Crippen LogP contribution in [0.5, 0.6) is 0 Å². The molecule has 0 bridgehead atoms. The normalized spacial score (nSPS) is 16.7. The quantitative estimate of drug-likeness (QED) is 0.899. The summed E-state index contributed by atoms with van der Waals surface area (Å²) >= 11 is 0. The summed E-state index contributed by atoms with van der Waals surface area (Å²) < 4.78 is 1.96. The van der Waals surface area contributed by atoms with Crippen molar-refractivity contribution in [3.63, 3.8) is 0 Å². The van der Waals surface area contributed by atoms with E-state index in [1.54, 1.807) is 6.33 Å². The number of hydrogen-bond donors (Lipinski definition) is 1. The molecule has 1 aliphatic carbocycles. The van der Waals surface area contributed by atoms with Crippen LogP contribution < -0.4 is 5.32 Å². The van der Waals surface area contributed by atoms with E-state index in [0.717, 1.165) is 23.9 Å². The fraction of sp³-hybridized carbons (Fsp3) is 0.467. The number of nitrogens with one attached hydrogen (secondary N) is 1. The second-order valence-corrected chi connectivity index (χ2v) is 5.37. The Morgan fingerprint density at radius 1 is 1.32 bits per heavy atom. The summed E-state index contributed by atoms with van der Waals surface area (Å²) in [4.78, 5) is 16.5. The van der Waals surface area contributed by atoms with E-state index in [9.17, 15) is 4.79 Å². The lowest BCUT2D eigenvalue weighted by Gasteiger charge is -2.22. The van der Waals surface area contributed by atoms with Gasteiger partial charge in [-0.2, -0.15) is 0 Å². The molecule has 1 fully saturated rings. The third-order valence-corrected chi connectivity index (χ3v) is 3.93. The first kappa shape index (κ1) is 12.2. The Morgan fingerprint density at radius 3 is 2.89 bits per heavy atom. The summed E-state index contributed by atoms with van der Waals surface area (Å²) in [7, 11) is 1.96. The molecule has 1 N–H and O–H groups in total. The Hall–Kier alpha value is -1.84. The molecule has 0 radical (unpaired) electrons. The highest BCUT2D eigenvalue weighted by Crippen LogP contribution is 2.19. The summed E-state index contributed by atoms with van der Waals surface area (Å²) in [5, 5.41) is 3.13. The number of aryl methyl sites for hydroxylation is 1. The van der Waals surface area contributed by atoms with Gasteiger partial charge in [0.25, 0.3) is 5.91 Å². The van der Waals surface area contributed by atoms with Gasteiger partial charge in [0.15, 0.2) is 0 Å². The third-order valence-electron chi connectivity index (χ3n) is 3.93. The van der Waals surface area contributed by atoms with Crippen LogP contribution in [0.15, 0.2) is 24.5 Å². The van der Waals surface area contributed by atoms with Crippen LogP contribution in [0.4, 0.5) is 0 Å². The average Bonchev–Trinajstić information content (AvgIpc) is 2.81. The minimum atomic E-state index is 0.0273. The summed E-state index contributed by atoms with van der Waals surface area (Å²) in [6.45, 7) is 0. The molecule has 100 valence electrons. The van der Waals surface area contributed by atoms with Gasteiger partial charge in [0.2, 0.25) is 0 Å². The van der Waals surface area contributed by atoms with Crippen molar-refractivity contribution in [2.24, 2.45) is 7.05 Å². The highest BCUT2D eigenvalue weighted by Gasteiger charge is 2.17. The Bertz CT molecular complexity index is 596. The number of hydrogen-bond acceptors (Lipinski definition) is 2. The number of nitrogens with zero attached hydrogens (tertiary/aromatic N) is 2. The van der Waals surface area contributed by atoms with Crippen molar-refractivity contribution in [2.75, 3.05) is 0 Å². The van der Waals surface area contributed by atoms with Crippen LogP contribution in [0, 0.1) is 0 Å². The van der Waals surface area contributed by atoms with E-state index >= 15 is 0 Å². The number of fused-ring (bicyclic) bond motifs is 1. The number of amides is 1. The van der Waals surface area contributed by atoms with Crippen molar-refractivity contribution in [1.29, 1.82) is 0 Å². The van der Waals surface area contributed by atoms with Crippen LogP contribution in [-0.2, 0) is 7.05 Å². The molecular formula is C15H19N3O. The van der Waals surface area contributed by atoms with Crippen molar-refractivity contribution in [3.05, 3.63) is 30.1 Å². The van der Waals surface area contributed by atoms with E-state index in [1.807, 2.05) is 29.8 Å². The molecule has 1 aromatic heterocycles. The molecule has 19 heavy (non-hydrogen) atoms. The summed E-state index contributed by atoms with van der Waals surface area (Å²) in [5.41, 5.74) is 2.63. The molecule has 4 nitrogen and oxygen atoms in total. The fourth-order valence-electron chi connectivity index (χ4n) is 2.79. The number of carbonyl (C=O) groups is 1. The summed E-state index contributed by atoms with van der Waals surface area (Å²) in [6, 6.07) is 6.05. The smallest absolute Gasteiger partial charge is 0.251 e. The van der Waals surface area contributed by atoms with Crippen molar-refractivity contribution < 1.29 is 4.79 Å². The van der Waals surface area contributed by atoms with Gasteiger partial charge in [-0.05, 0) is 31.0 Å². The molecule has 1 saturated carbocycles. The second kappa shape index (κ2) is 5.03. The van der Waals surface area contributed by atoms with E-state index < -0.39 is 0 Å². The minimum Gasteiger partial charge on any atom is -0.349 e. The van der Waals surface area contributed by atoms with Gasteiger partial charge in [-0.3, -0.25) is 4.79 Å². The Labute approximate surface area is 112 Å². The molecule has 0 unspecified atom stereocenters. The van der Waals surface area contributed by atoms with E-state index in [-0.39, 0.29) is 5.91 Å². The van der Waals surface area contributed by atoms with E-state index in [1.165, 1.54) is 19.3 Å². The number of benzene rings is 1. The van der Waals surface area contributed by atoms with E-state index in [4.69, 9.17) is 0 Å². The van der Waals surface area contributed by atoms with Crippen LogP contribution in [0.3, 0.4) is 0 Å². The minimum absolute atomic E-state index is 0.0273. The molecule has 0 spiro atoms. The Morgan fingerprint density at radius 2 is 2.11 bits per heavy atom. The maximum atomic E-state index is 12.2. The van der Waals surface area contributed by atoms with Crippen LogP contribution in [0.1, 0.15) is 42.5 Å². The van der Waals surface area contributed by atoms with Gasteiger partial charge in [-0.1, -0.05) is 19.3 Å². The Balaban J connectivity index is 1.77. The third kappa shape index (κ3) is 2.48. The Kier molecular flexibility index (Phi) is 3.23. The zero-order valence-corrected chi connectivity index (χ0v) is 11.2. The average molecular weight is 257 g/mol. The molecule has 4 heteroatoms. The fourth-order valence-corrected chi connectivity index (χ4v) is 2.79. The van der Waals surface area contributed by atoms with Crippen molar-refractivity contribution in [2.45, 2.75) is 38.1 Å². The molecular weight excluding hydrogens is 238 g/mol. The molecule has 2 aromatic rings. The second-order valence-electron chi connectivity index (χ2n) is 5.37. The van der Waals surface area contributed by atoms with Crippen LogP contribution >= 0.6 is 0 Å². The highest BCUT2D eigenvalue weighted by molar-refractivity contribution is 5.97. The maximum Gasteiger partial charge on any atom is 0.251 e. The monoisotopic (exact) mass is 257 g/mol. The number of carbonyl (C=O) groups excluding carboxylic acids is 1. The van der Waals surface area contributed by atoms with Gasteiger partial charge in [0.1, 0.15) is 0 Å². The molecule has 0 aliphatic heterocycles. The van der Waals surface area contributed by atoms with Crippen LogP contribution in [0.25, 0.3) is 11.0 Å². The molecule has 1 heterocycles. The topological polar surface area (TPSA) is 46.9 Å². The van der Waals surface area contributed by atoms with E-state index in [0.29, 0.717) is 11.6 Å². The van der Waals surface area contributed by atoms with Gasteiger partial charge >= 0.3 is 0 Å². The van der Waals surface area contributed by atoms with E-state index in [2.05, 4.69) is 10.3 Å². The van der Waals surface area contributed by atoms with Gasteiger partial charge < -0.3 is 9.88 Å². The van der Waals surface area contributed by atoms with Crippen molar-refractivity contribution in [1.82, 2.24) is 14.9 Å². The lowest BCUT2D eigenvalue weighted by atomic mass is 9.95. The first-order valence-electron chi connectivity index (χ1n) is 6.96. The highest BCUT2D eigenvalue weighted by atomic mass is 16.1. The molecule has 3 rings (SSSR count). The van der Waals surface area contributed by atoms with Gasteiger partial charge in [-0.15, -0.1) is 0 Å². The molecule has 1 aliphatic rings. The first-order valence-corrected chi connectivity index (χ1v) is 6.96. The maximum absolute atomic E-state index is 12.2. The van der Waals surface area contributed by atoms with Crippen LogP contribution in [0.2, 0.25) is 0 Å². The number of rotatable bonds is 2. The van der Waals surface area contributed by atoms with Crippen molar-refractivity contribution in [3.8, 4) is 0 Å². The predicted molar refractivity (Wildman–Crippen MR) is 75.1 cm³/mol. The zero-order chi connectivity index (χ0) is 13.2. The molecule has 1 amide bonds. The lowest BCUT2D eigenvalue weighted by Crippen LogP contribution is -2.36. The van der Waals surface area contributed by atoms with Gasteiger partial charge in [0, 0.05) is 18.7 Å². The summed E-state index contributed by atoms with van der Waals surface area (Å²) in [5.74, 6) is 0.0273. The van der Waals surface area contributed by atoms with Crippen LogP contribution in [-0.4, -0.2) is 21.5 Å². The SMILES string of the molecule is Cn1cnc2cc(C(=O)NC3CCCCC3)ccc21. The molecule has 0 saturated heterocycles. The molecule has 1 aromatic carbocycles. The van der Waals surface area contributed by atoms with Crippen molar-refractivity contribution >= 4 is 16.9 Å². The first-order chi connectivity index (χ1) is 9.24. The number of imidazole rings is 1. The molecule has 0 atom stereocenters. The standard InChI is InChI=1S/C15H19N3O/c1-18-10-16-13-9-11(7-8-14(13)18)15(19)17-12-5-3-2-4-6-12/h7-10,12H,2-6H2,1H3,(H,17,19). The predicted octanol–water partition coefficient (Wildman–Crippen LogP) is 2.64. The lowest BCUT2D eigenvalue weighted by molar-refractivity contribution is 0.0928. The largest absolute Gasteiger partial charge is 0.349 e. The summed E-state index contributed by atoms with van der Waals surface area (Å²) in [6.07, 6.45) is 7.74. The van der Waals surface area contributed by atoms with Gasteiger partial charge in [0.05, 0.1) is 17.4 Å². The van der Waals surface area contributed by atoms with Gasteiger partial charge in [-0.25, -0.2) is 4.98 Å². The zero-order valence-electron chi connectivity index (χ0n) is 11.2. The number of aromatic nitrogens is 2.